The summed E-state index contributed by atoms with van der Waals surface area (Å²) in [5.41, 5.74) is 4.66. The van der Waals surface area contributed by atoms with Gasteiger partial charge in [-0.25, -0.2) is 4.98 Å². The van der Waals surface area contributed by atoms with Gasteiger partial charge in [0.1, 0.15) is 0 Å². The van der Waals surface area contributed by atoms with Gasteiger partial charge >= 0.3 is 0 Å². The summed E-state index contributed by atoms with van der Waals surface area (Å²) in [6.45, 7) is 0.756. The number of hydrogen-bond acceptors (Lipinski definition) is 5. The predicted octanol–water partition coefficient (Wildman–Crippen LogP) is 4.63. The van der Waals surface area contributed by atoms with Crippen molar-refractivity contribution in [3.05, 3.63) is 42.0 Å². The highest BCUT2D eigenvalue weighted by Crippen LogP contribution is 2.46. The van der Waals surface area contributed by atoms with E-state index >= 15 is 0 Å². The Balaban J connectivity index is 1.68. The lowest BCUT2D eigenvalue weighted by atomic mass is 10.00. The van der Waals surface area contributed by atoms with Crippen LogP contribution in [0.2, 0.25) is 0 Å². The van der Waals surface area contributed by atoms with Gasteiger partial charge in [-0.15, -0.1) is 0 Å². The van der Waals surface area contributed by atoms with E-state index in [4.69, 9.17) is 14.5 Å². The first-order valence-corrected chi connectivity index (χ1v) is 10.3. The highest BCUT2D eigenvalue weighted by atomic mass is 16.5. The van der Waals surface area contributed by atoms with Gasteiger partial charge in [0.15, 0.2) is 11.5 Å². The van der Waals surface area contributed by atoms with Crippen molar-refractivity contribution in [2.45, 2.75) is 31.6 Å². The maximum Gasteiger partial charge on any atom is 0.227 e. The lowest BCUT2D eigenvalue weighted by Crippen LogP contribution is -2.23. The summed E-state index contributed by atoms with van der Waals surface area (Å²) in [6.07, 6.45) is 3.84. The molecular weight excluding hydrogens is 380 g/mol. The van der Waals surface area contributed by atoms with Crippen LogP contribution in [0.4, 0.5) is 5.69 Å². The Morgan fingerprint density at radius 2 is 1.80 bits per heavy atom. The molecule has 1 aliphatic carbocycles. The number of benzene rings is 2. The third-order valence-electron chi connectivity index (χ3n) is 6.00. The standard InChI is InChI=1S/C24H24N2O4/c1-29-21-10-15(11-22(30-2)24(21)28)19-13-18(14-5-6-14)17-8-7-16(12-20(17)25-19)26-9-3-4-23(26)27/h7-8,10-14,28H,3-6,9H2,1-2H3. The highest BCUT2D eigenvalue weighted by molar-refractivity contribution is 5.98. The number of rotatable bonds is 5. The van der Waals surface area contributed by atoms with E-state index in [1.54, 1.807) is 12.1 Å². The molecule has 0 unspecified atom stereocenters. The summed E-state index contributed by atoms with van der Waals surface area (Å²) < 4.78 is 10.6. The number of carbonyl (C=O) groups excluding carboxylic acids is 1. The quantitative estimate of drug-likeness (QED) is 0.671. The van der Waals surface area contributed by atoms with Crippen molar-refractivity contribution in [3.8, 4) is 28.5 Å². The number of ether oxygens (including phenoxy) is 2. The second-order valence-corrected chi connectivity index (χ2v) is 7.95. The van der Waals surface area contributed by atoms with Crippen molar-refractivity contribution in [1.29, 1.82) is 0 Å². The van der Waals surface area contributed by atoms with Crippen LogP contribution in [-0.4, -0.2) is 36.8 Å². The van der Waals surface area contributed by atoms with Crippen LogP contribution in [0.15, 0.2) is 36.4 Å². The van der Waals surface area contributed by atoms with Crippen molar-refractivity contribution in [2.75, 3.05) is 25.7 Å². The number of methoxy groups -OCH3 is 2. The SMILES string of the molecule is COc1cc(-c2cc(C3CC3)c3ccc(N4CCCC4=O)cc3n2)cc(OC)c1O. The average molecular weight is 404 g/mol. The summed E-state index contributed by atoms with van der Waals surface area (Å²) >= 11 is 0. The molecule has 2 fully saturated rings. The molecule has 6 nitrogen and oxygen atoms in total. The maximum atomic E-state index is 12.2. The Labute approximate surface area is 175 Å². The minimum atomic E-state index is -0.0261. The number of hydrogen-bond donors (Lipinski definition) is 1. The van der Waals surface area contributed by atoms with E-state index in [1.165, 1.54) is 32.6 Å². The number of pyridine rings is 1. The molecule has 30 heavy (non-hydrogen) atoms. The predicted molar refractivity (Wildman–Crippen MR) is 116 cm³/mol. The summed E-state index contributed by atoms with van der Waals surface area (Å²) in [6, 6.07) is 11.8. The molecule has 1 N–H and O–H groups in total. The fourth-order valence-electron chi connectivity index (χ4n) is 4.25. The van der Waals surface area contributed by atoms with Crippen molar-refractivity contribution in [3.63, 3.8) is 0 Å². The van der Waals surface area contributed by atoms with Gasteiger partial charge in [-0.05, 0) is 61.1 Å². The monoisotopic (exact) mass is 404 g/mol. The van der Waals surface area contributed by atoms with Crippen molar-refractivity contribution in [2.24, 2.45) is 0 Å². The molecule has 2 heterocycles. The smallest absolute Gasteiger partial charge is 0.227 e. The number of aromatic nitrogens is 1. The molecular formula is C24H24N2O4. The fraction of sp³-hybridized carbons (Fsp3) is 0.333. The fourth-order valence-corrected chi connectivity index (χ4v) is 4.25. The molecule has 2 aliphatic rings. The molecule has 1 amide bonds. The molecule has 1 saturated heterocycles. The van der Waals surface area contributed by atoms with Crippen LogP contribution < -0.4 is 14.4 Å². The third-order valence-corrected chi connectivity index (χ3v) is 6.00. The Morgan fingerprint density at radius 1 is 1.07 bits per heavy atom. The van der Waals surface area contributed by atoms with Crippen LogP contribution in [0.1, 0.15) is 37.2 Å². The number of phenolic OH excluding ortho intramolecular Hbond substituents is 1. The summed E-state index contributed by atoms with van der Waals surface area (Å²) in [7, 11) is 3.03. The zero-order valence-electron chi connectivity index (χ0n) is 17.1. The zero-order valence-corrected chi connectivity index (χ0v) is 17.1. The minimum absolute atomic E-state index is 0.0261. The maximum absolute atomic E-state index is 12.2. The Kier molecular flexibility index (Phi) is 4.50. The van der Waals surface area contributed by atoms with Crippen LogP contribution in [0.25, 0.3) is 22.2 Å². The first-order valence-electron chi connectivity index (χ1n) is 10.3. The van der Waals surface area contributed by atoms with Gasteiger partial charge in [-0.1, -0.05) is 6.07 Å². The van der Waals surface area contributed by atoms with E-state index in [1.807, 2.05) is 17.0 Å². The Bertz CT molecular complexity index is 1130. The topological polar surface area (TPSA) is 71.9 Å². The average Bonchev–Trinajstić information content (AvgIpc) is 3.53. The van der Waals surface area contributed by atoms with E-state index in [0.29, 0.717) is 23.8 Å². The zero-order chi connectivity index (χ0) is 20.8. The Morgan fingerprint density at radius 3 is 2.40 bits per heavy atom. The van der Waals surface area contributed by atoms with Gasteiger partial charge < -0.3 is 19.5 Å². The number of nitrogens with zero attached hydrogens (tertiary/aromatic N) is 2. The van der Waals surface area contributed by atoms with E-state index in [2.05, 4.69) is 12.1 Å². The molecule has 5 rings (SSSR count). The highest BCUT2D eigenvalue weighted by Gasteiger charge is 2.28. The van der Waals surface area contributed by atoms with Gasteiger partial charge in [0.25, 0.3) is 0 Å². The molecule has 6 heteroatoms. The van der Waals surface area contributed by atoms with Crippen molar-refractivity contribution >= 4 is 22.5 Å². The van der Waals surface area contributed by atoms with Gasteiger partial charge in [-0.3, -0.25) is 4.79 Å². The number of phenols is 1. The number of anilines is 1. The summed E-state index contributed by atoms with van der Waals surface area (Å²) in [5.74, 6) is 1.36. The molecule has 1 aliphatic heterocycles. The van der Waals surface area contributed by atoms with Gasteiger partial charge in [0.05, 0.1) is 25.4 Å². The molecule has 3 aromatic rings. The second-order valence-electron chi connectivity index (χ2n) is 7.95. The van der Waals surface area contributed by atoms with Crippen LogP contribution in [0.3, 0.4) is 0 Å². The normalized spacial score (nSPS) is 16.3. The summed E-state index contributed by atoms with van der Waals surface area (Å²) in [4.78, 5) is 19.0. The van der Waals surface area contributed by atoms with E-state index < -0.39 is 0 Å². The number of carbonyl (C=O) groups is 1. The first kappa shape index (κ1) is 18.7. The van der Waals surface area contributed by atoms with Crippen LogP contribution in [0, 0.1) is 0 Å². The molecule has 0 spiro atoms. The second kappa shape index (κ2) is 7.20. The van der Waals surface area contributed by atoms with Crippen LogP contribution >= 0.6 is 0 Å². The molecule has 1 saturated carbocycles. The molecule has 0 radical (unpaired) electrons. The van der Waals surface area contributed by atoms with Gasteiger partial charge in [0.2, 0.25) is 11.7 Å². The van der Waals surface area contributed by atoms with E-state index in [0.717, 1.165) is 40.8 Å². The van der Waals surface area contributed by atoms with Crippen molar-refractivity contribution < 1.29 is 19.4 Å². The number of amides is 1. The lowest BCUT2D eigenvalue weighted by Gasteiger charge is -2.17. The first-order chi connectivity index (χ1) is 14.6. The number of aromatic hydroxyl groups is 1. The number of fused-ring (bicyclic) bond motifs is 1. The van der Waals surface area contributed by atoms with E-state index in [9.17, 15) is 9.90 Å². The van der Waals surface area contributed by atoms with E-state index in [-0.39, 0.29) is 11.7 Å². The molecule has 2 aromatic carbocycles. The Hall–Kier alpha value is -3.28. The molecule has 0 bridgehead atoms. The minimum Gasteiger partial charge on any atom is -0.502 e. The molecule has 0 atom stereocenters. The summed E-state index contributed by atoms with van der Waals surface area (Å²) in [5, 5.41) is 11.4. The third kappa shape index (κ3) is 3.12. The molecule has 154 valence electrons. The van der Waals surface area contributed by atoms with Crippen LogP contribution in [-0.2, 0) is 4.79 Å². The van der Waals surface area contributed by atoms with Gasteiger partial charge in [-0.2, -0.15) is 0 Å². The van der Waals surface area contributed by atoms with Gasteiger partial charge in [0, 0.05) is 29.6 Å². The lowest BCUT2D eigenvalue weighted by molar-refractivity contribution is -0.117. The van der Waals surface area contributed by atoms with Crippen molar-refractivity contribution in [1.82, 2.24) is 4.98 Å². The van der Waals surface area contributed by atoms with Crippen LogP contribution in [0.5, 0.6) is 17.2 Å². The molecule has 1 aromatic heterocycles. The largest absolute Gasteiger partial charge is 0.502 e.